The van der Waals surface area contributed by atoms with Crippen molar-refractivity contribution in [2.24, 2.45) is 17.4 Å². The van der Waals surface area contributed by atoms with Gasteiger partial charge in [0.15, 0.2) is 0 Å². The summed E-state index contributed by atoms with van der Waals surface area (Å²) in [6.45, 7) is 3.56. The van der Waals surface area contributed by atoms with Crippen molar-refractivity contribution in [1.29, 1.82) is 0 Å². The van der Waals surface area contributed by atoms with Crippen molar-refractivity contribution in [3.63, 3.8) is 0 Å². The molecule has 14 heavy (non-hydrogen) atoms. The number of rotatable bonds is 3. The fourth-order valence-electron chi connectivity index (χ4n) is 1.62. The molecule has 4 N–H and O–H groups in total. The van der Waals surface area contributed by atoms with Gasteiger partial charge in [0.05, 0.1) is 0 Å². The number of halogens is 2. The van der Waals surface area contributed by atoms with Crippen LogP contribution in [0.1, 0.15) is 12.8 Å². The molecule has 86 valence electrons. The third kappa shape index (κ3) is 5.00. The number of hydrogen-bond donors (Lipinski definition) is 2. The minimum atomic E-state index is -0.151. The van der Waals surface area contributed by atoms with Crippen LogP contribution in [0.2, 0.25) is 0 Å². The van der Waals surface area contributed by atoms with E-state index in [1.165, 1.54) is 0 Å². The summed E-state index contributed by atoms with van der Waals surface area (Å²) in [7, 11) is 0. The zero-order chi connectivity index (χ0) is 8.97. The van der Waals surface area contributed by atoms with E-state index in [-0.39, 0.29) is 36.6 Å². The fraction of sp³-hybridized carbons (Fsp3) is 0.875. The molecule has 1 amide bonds. The summed E-state index contributed by atoms with van der Waals surface area (Å²) >= 11 is 0. The molecular weight excluding hydrogens is 225 g/mol. The van der Waals surface area contributed by atoms with Crippen molar-refractivity contribution in [2.75, 3.05) is 26.2 Å². The van der Waals surface area contributed by atoms with Gasteiger partial charge in [-0.1, -0.05) is 0 Å². The average Bonchev–Trinajstić information content (AvgIpc) is 2.06. The van der Waals surface area contributed by atoms with Crippen LogP contribution in [-0.2, 0) is 4.79 Å². The quantitative estimate of drug-likeness (QED) is 0.733. The van der Waals surface area contributed by atoms with Crippen molar-refractivity contribution in [3.05, 3.63) is 0 Å². The molecule has 0 radical (unpaired) electrons. The Kier molecular flexibility index (Phi) is 9.72. The van der Waals surface area contributed by atoms with Gasteiger partial charge in [0.2, 0.25) is 5.91 Å². The number of nitrogens with zero attached hydrogens (tertiary/aromatic N) is 1. The molecule has 0 aromatic rings. The van der Waals surface area contributed by atoms with Gasteiger partial charge < -0.3 is 16.4 Å². The van der Waals surface area contributed by atoms with Crippen LogP contribution in [0, 0.1) is 5.92 Å². The van der Waals surface area contributed by atoms with Gasteiger partial charge in [-0.15, -0.1) is 24.8 Å². The highest BCUT2D eigenvalue weighted by Gasteiger charge is 2.22. The van der Waals surface area contributed by atoms with Crippen LogP contribution >= 0.6 is 24.8 Å². The molecule has 1 rings (SSSR count). The lowest BCUT2D eigenvalue weighted by Gasteiger charge is -2.29. The molecule has 1 heterocycles. The highest BCUT2D eigenvalue weighted by atomic mass is 35.5. The molecule has 1 aliphatic rings. The molecule has 1 saturated heterocycles. The number of carbonyl (C=O) groups excluding carboxylic acids is 1. The molecule has 4 nitrogen and oxygen atoms in total. The van der Waals surface area contributed by atoms with Crippen LogP contribution in [0.5, 0.6) is 0 Å². The number of amides is 1. The van der Waals surface area contributed by atoms with Gasteiger partial charge in [-0.05, 0) is 25.9 Å². The summed E-state index contributed by atoms with van der Waals surface area (Å²) in [5.74, 6) is -0.0542. The Morgan fingerprint density at radius 3 is 2.14 bits per heavy atom. The second-order valence-corrected chi connectivity index (χ2v) is 3.31. The topological polar surface area (TPSA) is 72.3 Å². The third-order valence-electron chi connectivity index (χ3n) is 2.44. The van der Waals surface area contributed by atoms with Crippen LogP contribution in [0.25, 0.3) is 0 Å². The van der Waals surface area contributed by atoms with Crippen molar-refractivity contribution in [3.8, 4) is 0 Å². The maximum atomic E-state index is 10.8. The van der Waals surface area contributed by atoms with Crippen LogP contribution in [-0.4, -0.2) is 37.0 Å². The Labute approximate surface area is 97.2 Å². The van der Waals surface area contributed by atoms with Crippen molar-refractivity contribution < 1.29 is 4.79 Å². The van der Waals surface area contributed by atoms with Gasteiger partial charge in [0, 0.05) is 19.0 Å². The van der Waals surface area contributed by atoms with Crippen LogP contribution in [0.4, 0.5) is 0 Å². The molecule has 0 aromatic heterocycles. The van der Waals surface area contributed by atoms with Gasteiger partial charge in [-0.2, -0.15) is 0 Å². The first-order chi connectivity index (χ1) is 5.74. The smallest absolute Gasteiger partial charge is 0.220 e. The number of likely N-dealkylation sites (tertiary alicyclic amines) is 1. The minimum absolute atomic E-state index is 0. The first-order valence-corrected chi connectivity index (χ1v) is 4.45. The summed E-state index contributed by atoms with van der Waals surface area (Å²) < 4.78 is 0. The van der Waals surface area contributed by atoms with Gasteiger partial charge in [0.25, 0.3) is 0 Å². The van der Waals surface area contributed by atoms with E-state index in [0.717, 1.165) is 32.5 Å². The first-order valence-electron chi connectivity index (χ1n) is 4.45. The number of primary amides is 1. The van der Waals surface area contributed by atoms with Gasteiger partial charge in [-0.25, -0.2) is 0 Å². The van der Waals surface area contributed by atoms with Crippen LogP contribution in [0.15, 0.2) is 0 Å². The molecule has 0 saturated carbocycles. The minimum Gasteiger partial charge on any atom is -0.369 e. The molecule has 1 fully saturated rings. The standard InChI is InChI=1S/C8H17N3O.2ClH/c9-3-6-11-4-1-7(2-5-11)8(10)12;;/h7H,1-6,9H2,(H2,10,12);2*1H. The highest BCUT2D eigenvalue weighted by molar-refractivity contribution is 5.85. The zero-order valence-corrected chi connectivity index (χ0v) is 9.78. The second kappa shape index (κ2) is 8.29. The van der Waals surface area contributed by atoms with Gasteiger partial charge >= 0.3 is 0 Å². The van der Waals surface area contributed by atoms with E-state index < -0.39 is 0 Å². The molecule has 1 aliphatic heterocycles. The Balaban J connectivity index is 0. The average molecular weight is 244 g/mol. The van der Waals surface area contributed by atoms with E-state index in [9.17, 15) is 4.79 Å². The van der Waals surface area contributed by atoms with Crippen LogP contribution < -0.4 is 11.5 Å². The monoisotopic (exact) mass is 243 g/mol. The molecule has 0 bridgehead atoms. The van der Waals surface area contributed by atoms with Gasteiger partial charge in [0.1, 0.15) is 0 Å². The third-order valence-corrected chi connectivity index (χ3v) is 2.44. The Morgan fingerprint density at radius 2 is 1.79 bits per heavy atom. The van der Waals surface area contributed by atoms with Crippen molar-refractivity contribution >= 4 is 30.7 Å². The lowest BCUT2D eigenvalue weighted by Crippen LogP contribution is -2.40. The van der Waals surface area contributed by atoms with E-state index in [1.807, 2.05) is 0 Å². The van der Waals surface area contributed by atoms with E-state index in [2.05, 4.69) is 4.90 Å². The lowest BCUT2D eigenvalue weighted by molar-refractivity contribution is -0.123. The maximum absolute atomic E-state index is 10.8. The maximum Gasteiger partial charge on any atom is 0.220 e. The summed E-state index contributed by atoms with van der Waals surface area (Å²) in [6, 6.07) is 0. The van der Waals surface area contributed by atoms with Gasteiger partial charge in [-0.3, -0.25) is 4.79 Å². The van der Waals surface area contributed by atoms with E-state index >= 15 is 0 Å². The van der Waals surface area contributed by atoms with E-state index in [1.54, 1.807) is 0 Å². The van der Waals surface area contributed by atoms with Crippen molar-refractivity contribution in [1.82, 2.24) is 4.90 Å². The Bertz CT molecular complexity index is 161. The Morgan fingerprint density at radius 1 is 1.29 bits per heavy atom. The largest absolute Gasteiger partial charge is 0.369 e. The second-order valence-electron chi connectivity index (χ2n) is 3.31. The predicted molar refractivity (Wildman–Crippen MR) is 61.9 cm³/mol. The first kappa shape index (κ1) is 16.4. The molecule has 6 heteroatoms. The van der Waals surface area contributed by atoms with Crippen molar-refractivity contribution in [2.45, 2.75) is 12.8 Å². The number of piperidine rings is 1. The molecule has 0 aliphatic carbocycles. The number of hydrogen-bond acceptors (Lipinski definition) is 3. The van der Waals surface area contributed by atoms with E-state index in [4.69, 9.17) is 11.5 Å². The molecular formula is C8H19Cl2N3O. The summed E-state index contributed by atoms with van der Waals surface area (Å²) in [6.07, 6.45) is 1.80. The zero-order valence-electron chi connectivity index (χ0n) is 8.15. The number of carbonyl (C=O) groups is 1. The molecule has 0 aromatic carbocycles. The molecule has 0 unspecified atom stereocenters. The summed E-state index contributed by atoms with van der Waals surface area (Å²) in [4.78, 5) is 13.1. The molecule has 0 spiro atoms. The van der Waals surface area contributed by atoms with E-state index in [0.29, 0.717) is 6.54 Å². The molecule has 0 atom stereocenters. The summed E-state index contributed by atoms with van der Waals surface area (Å²) in [5.41, 5.74) is 10.6. The summed E-state index contributed by atoms with van der Waals surface area (Å²) in [5, 5.41) is 0. The Hall–Kier alpha value is -0.0300. The lowest BCUT2D eigenvalue weighted by atomic mass is 9.96. The normalized spacial score (nSPS) is 18.1. The fourth-order valence-corrected chi connectivity index (χ4v) is 1.62. The number of nitrogens with two attached hydrogens (primary N) is 2. The van der Waals surface area contributed by atoms with Crippen LogP contribution in [0.3, 0.4) is 0 Å². The SMILES string of the molecule is Cl.Cl.NCCN1CCC(C(N)=O)CC1. The predicted octanol–water partition coefficient (Wildman–Crippen LogP) is -0.0140. The highest BCUT2D eigenvalue weighted by Crippen LogP contribution is 2.15.